The van der Waals surface area contributed by atoms with E-state index in [9.17, 15) is 8.42 Å². The van der Waals surface area contributed by atoms with Gasteiger partial charge in [0.2, 0.25) is 10.0 Å². The minimum Gasteiger partial charge on any atom is -0.462 e. The van der Waals surface area contributed by atoms with Crippen LogP contribution in [0.3, 0.4) is 0 Å². The first kappa shape index (κ1) is 15.5. The topological polar surface area (TPSA) is 82.8 Å². The lowest BCUT2D eigenvalue weighted by molar-refractivity contribution is 0.220. The summed E-state index contributed by atoms with van der Waals surface area (Å²) in [5.41, 5.74) is 0. The molecule has 0 atom stereocenters. The zero-order chi connectivity index (χ0) is 14.8. The van der Waals surface area contributed by atoms with Crippen LogP contribution < -0.4 is 4.72 Å². The number of furan rings is 1. The molecule has 0 aliphatic carbocycles. The molecule has 0 saturated carbocycles. The molecule has 114 valence electrons. The normalized spacial score (nSPS) is 18.6. The van der Waals surface area contributed by atoms with Gasteiger partial charge in [-0.3, -0.25) is 0 Å². The highest BCUT2D eigenvalue weighted by molar-refractivity contribution is 7.89. The molecular weight excluding hydrogens is 280 g/mol. The van der Waals surface area contributed by atoms with Crippen molar-refractivity contribution in [1.29, 1.82) is 0 Å². The van der Waals surface area contributed by atoms with Crippen LogP contribution in [0.2, 0.25) is 0 Å². The lowest BCUT2D eigenvalue weighted by Gasteiger charge is -2.28. The molecule has 2 N–H and O–H groups in total. The van der Waals surface area contributed by atoms with Crippen molar-refractivity contribution in [3.8, 4) is 0 Å². The summed E-state index contributed by atoms with van der Waals surface area (Å²) in [5, 5.41) is 8.99. The Morgan fingerprint density at radius 1 is 1.45 bits per heavy atom. The molecule has 1 aliphatic heterocycles. The van der Waals surface area contributed by atoms with Gasteiger partial charge in [0.25, 0.3) is 0 Å². The molecule has 1 aromatic heterocycles. The first-order valence-corrected chi connectivity index (χ1v) is 8.29. The van der Waals surface area contributed by atoms with E-state index in [4.69, 9.17) is 9.52 Å². The van der Waals surface area contributed by atoms with Crippen molar-refractivity contribution in [2.24, 2.45) is 5.92 Å². The molecular formula is C13H22N2O4S. The van der Waals surface area contributed by atoms with E-state index in [2.05, 4.69) is 16.7 Å². The minimum atomic E-state index is -3.56. The quantitative estimate of drug-likeness (QED) is 0.836. The first-order valence-electron chi connectivity index (χ1n) is 6.80. The molecule has 0 unspecified atom stereocenters. The molecule has 0 aromatic carbocycles. The van der Waals surface area contributed by atoms with E-state index in [1.165, 1.54) is 6.07 Å². The van der Waals surface area contributed by atoms with Gasteiger partial charge in [-0.05, 0) is 45.8 Å². The Bertz CT molecular complexity index is 545. The molecule has 1 aromatic rings. The Hall–Kier alpha value is -0.890. The van der Waals surface area contributed by atoms with Crippen LogP contribution in [0, 0.1) is 12.8 Å². The fourth-order valence-corrected chi connectivity index (χ4v) is 3.76. The van der Waals surface area contributed by atoms with Crippen LogP contribution in [0.1, 0.15) is 24.4 Å². The van der Waals surface area contributed by atoms with Gasteiger partial charge in [-0.15, -0.1) is 0 Å². The van der Waals surface area contributed by atoms with Crippen molar-refractivity contribution in [2.45, 2.75) is 31.3 Å². The number of aryl methyl sites for hydroxylation is 1. The van der Waals surface area contributed by atoms with E-state index >= 15 is 0 Å². The molecule has 6 nitrogen and oxygen atoms in total. The number of hydrogen-bond donors (Lipinski definition) is 2. The third-order valence-electron chi connectivity index (χ3n) is 3.77. The van der Waals surface area contributed by atoms with Crippen molar-refractivity contribution in [2.75, 3.05) is 26.7 Å². The summed E-state index contributed by atoms with van der Waals surface area (Å²) in [6.07, 6.45) is 2.01. The van der Waals surface area contributed by atoms with Crippen LogP contribution in [0.25, 0.3) is 0 Å². The molecule has 1 aliphatic rings. The maximum atomic E-state index is 12.2. The van der Waals surface area contributed by atoms with Gasteiger partial charge < -0.3 is 14.4 Å². The number of aliphatic hydroxyl groups excluding tert-OH is 1. The maximum Gasteiger partial charge on any atom is 0.244 e. The van der Waals surface area contributed by atoms with Crippen LogP contribution in [0.4, 0.5) is 0 Å². The Morgan fingerprint density at radius 2 is 2.10 bits per heavy atom. The second-order valence-corrected chi connectivity index (χ2v) is 7.13. The molecule has 0 amide bonds. The van der Waals surface area contributed by atoms with E-state index in [-0.39, 0.29) is 17.3 Å². The molecule has 0 bridgehead atoms. The highest BCUT2D eigenvalue weighted by Gasteiger charge is 2.23. The smallest absolute Gasteiger partial charge is 0.244 e. The van der Waals surface area contributed by atoms with Crippen LogP contribution in [-0.2, 0) is 16.6 Å². The molecule has 7 heteroatoms. The van der Waals surface area contributed by atoms with Crippen molar-refractivity contribution in [3.63, 3.8) is 0 Å². The van der Waals surface area contributed by atoms with Gasteiger partial charge in [0.15, 0.2) is 0 Å². The minimum absolute atomic E-state index is 0.120. The van der Waals surface area contributed by atoms with E-state index in [1.54, 1.807) is 6.92 Å². The van der Waals surface area contributed by atoms with Crippen molar-refractivity contribution in [3.05, 3.63) is 17.6 Å². The Labute approximate surface area is 119 Å². The van der Waals surface area contributed by atoms with Crippen LogP contribution in [0.5, 0.6) is 0 Å². The Kier molecular flexibility index (Phi) is 4.85. The standard InChI is InChI=1S/C13H22N2O4S/c1-10-13(7-12(9-16)19-10)20(17,18)14-8-11-3-5-15(2)6-4-11/h7,11,14,16H,3-6,8-9H2,1-2H3. The van der Waals surface area contributed by atoms with Crippen molar-refractivity contribution < 1.29 is 17.9 Å². The number of likely N-dealkylation sites (tertiary alicyclic amines) is 1. The van der Waals surface area contributed by atoms with Gasteiger partial charge >= 0.3 is 0 Å². The summed E-state index contributed by atoms with van der Waals surface area (Å²) >= 11 is 0. The molecule has 1 saturated heterocycles. The van der Waals surface area contributed by atoms with E-state index in [0.717, 1.165) is 25.9 Å². The average molecular weight is 302 g/mol. The Morgan fingerprint density at radius 3 is 2.65 bits per heavy atom. The van der Waals surface area contributed by atoms with Gasteiger partial charge in [0, 0.05) is 12.6 Å². The lowest BCUT2D eigenvalue weighted by atomic mass is 9.98. The second-order valence-electron chi connectivity index (χ2n) is 5.39. The summed E-state index contributed by atoms with van der Waals surface area (Å²) < 4.78 is 32.3. The Balaban J connectivity index is 1.98. The number of nitrogens with zero attached hydrogens (tertiary/aromatic N) is 1. The highest BCUT2D eigenvalue weighted by Crippen LogP contribution is 2.21. The maximum absolute atomic E-state index is 12.2. The zero-order valence-corrected chi connectivity index (χ0v) is 12.7. The van der Waals surface area contributed by atoms with E-state index in [1.807, 2.05) is 0 Å². The van der Waals surface area contributed by atoms with Gasteiger partial charge in [0.1, 0.15) is 23.0 Å². The number of sulfonamides is 1. The molecule has 2 rings (SSSR count). The third-order valence-corrected chi connectivity index (χ3v) is 5.30. The van der Waals surface area contributed by atoms with Crippen LogP contribution >= 0.6 is 0 Å². The SMILES string of the molecule is Cc1oc(CO)cc1S(=O)(=O)NCC1CCN(C)CC1. The molecule has 20 heavy (non-hydrogen) atoms. The average Bonchev–Trinajstić information content (AvgIpc) is 2.80. The number of nitrogens with one attached hydrogen (secondary N) is 1. The fraction of sp³-hybridized carbons (Fsp3) is 0.692. The molecule has 1 fully saturated rings. The first-order chi connectivity index (χ1) is 9.42. The van der Waals surface area contributed by atoms with Gasteiger partial charge in [0.05, 0.1) is 0 Å². The summed E-state index contributed by atoms with van der Waals surface area (Å²) in [7, 11) is -1.49. The summed E-state index contributed by atoms with van der Waals surface area (Å²) in [6, 6.07) is 1.38. The van der Waals surface area contributed by atoms with Crippen LogP contribution in [-0.4, -0.2) is 45.1 Å². The third kappa shape index (κ3) is 3.60. The molecule has 0 spiro atoms. The number of rotatable bonds is 5. The fourth-order valence-electron chi connectivity index (χ4n) is 2.44. The van der Waals surface area contributed by atoms with Crippen LogP contribution in [0.15, 0.2) is 15.4 Å². The predicted octanol–water partition coefficient (Wildman–Crippen LogP) is 0.700. The monoisotopic (exact) mass is 302 g/mol. The molecule has 0 radical (unpaired) electrons. The summed E-state index contributed by atoms with van der Waals surface area (Å²) in [4.78, 5) is 2.37. The van der Waals surface area contributed by atoms with E-state index < -0.39 is 10.0 Å². The number of aliphatic hydroxyl groups is 1. The van der Waals surface area contributed by atoms with Gasteiger partial charge in [-0.25, -0.2) is 13.1 Å². The highest BCUT2D eigenvalue weighted by atomic mass is 32.2. The second kappa shape index (κ2) is 6.26. The van der Waals surface area contributed by atoms with Crippen molar-refractivity contribution in [1.82, 2.24) is 9.62 Å². The number of hydrogen-bond acceptors (Lipinski definition) is 5. The van der Waals surface area contributed by atoms with Gasteiger partial charge in [-0.2, -0.15) is 0 Å². The largest absolute Gasteiger partial charge is 0.462 e. The zero-order valence-electron chi connectivity index (χ0n) is 11.9. The predicted molar refractivity (Wildman–Crippen MR) is 74.8 cm³/mol. The summed E-state index contributed by atoms with van der Waals surface area (Å²) in [6.45, 7) is 3.75. The van der Waals surface area contributed by atoms with E-state index in [0.29, 0.717) is 18.2 Å². The molecule has 2 heterocycles. The lowest BCUT2D eigenvalue weighted by Crippen LogP contribution is -2.36. The van der Waals surface area contributed by atoms with Crippen molar-refractivity contribution >= 4 is 10.0 Å². The summed E-state index contributed by atoms with van der Waals surface area (Å²) in [5.74, 6) is 0.956. The van der Waals surface area contributed by atoms with Gasteiger partial charge in [-0.1, -0.05) is 0 Å². The number of piperidine rings is 1.